The van der Waals surface area contributed by atoms with Gasteiger partial charge in [0.05, 0.1) is 18.5 Å². The zero-order valence-electron chi connectivity index (χ0n) is 13.7. The Hall–Kier alpha value is -2.31. The molecule has 7 heteroatoms. The molecule has 0 saturated heterocycles. The van der Waals surface area contributed by atoms with E-state index in [4.69, 9.17) is 4.74 Å². The van der Waals surface area contributed by atoms with E-state index in [1.54, 1.807) is 25.3 Å². The molecule has 2 amide bonds. The summed E-state index contributed by atoms with van der Waals surface area (Å²) in [5.41, 5.74) is 0.576. The van der Waals surface area contributed by atoms with Gasteiger partial charge in [-0.2, -0.15) is 0 Å². The molecule has 0 aliphatic heterocycles. The average molecular weight is 308 g/mol. The molecule has 0 saturated carbocycles. The molecule has 0 fully saturated rings. The highest BCUT2D eigenvalue weighted by Gasteiger charge is 2.24. The van der Waals surface area contributed by atoms with Gasteiger partial charge in [0.2, 0.25) is 5.91 Å². The van der Waals surface area contributed by atoms with Crippen LogP contribution >= 0.6 is 0 Å². The van der Waals surface area contributed by atoms with E-state index >= 15 is 0 Å². The number of rotatable bonds is 6. The van der Waals surface area contributed by atoms with Crippen LogP contribution in [0.5, 0.6) is 0 Å². The van der Waals surface area contributed by atoms with Crippen LogP contribution in [0, 0.1) is 5.92 Å². The quantitative estimate of drug-likeness (QED) is 0.838. The van der Waals surface area contributed by atoms with Crippen molar-refractivity contribution in [1.29, 1.82) is 0 Å². The van der Waals surface area contributed by atoms with E-state index < -0.39 is 12.1 Å². The van der Waals surface area contributed by atoms with Crippen LogP contribution in [-0.4, -0.2) is 43.7 Å². The third-order valence-electron chi connectivity index (χ3n) is 2.97. The number of aromatic nitrogens is 1. The first-order valence-electron chi connectivity index (χ1n) is 7.22. The highest BCUT2D eigenvalue weighted by atomic mass is 16.5. The van der Waals surface area contributed by atoms with E-state index in [-0.39, 0.29) is 18.4 Å². The van der Waals surface area contributed by atoms with E-state index in [0.29, 0.717) is 5.69 Å². The van der Waals surface area contributed by atoms with Gasteiger partial charge in [-0.3, -0.25) is 4.79 Å². The number of hydrogen-bond donors (Lipinski definition) is 2. The van der Waals surface area contributed by atoms with E-state index in [1.807, 2.05) is 32.8 Å². The first kappa shape index (κ1) is 17.7. The van der Waals surface area contributed by atoms with Gasteiger partial charge in [0, 0.05) is 14.1 Å². The number of pyridine rings is 1. The molecule has 122 valence electrons. The minimum atomic E-state index is -0.674. The Kier molecular flexibility index (Phi) is 6.62. The second-order valence-electron chi connectivity index (χ2n) is 5.38. The molecule has 22 heavy (non-hydrogen) atoms. The molecule has 1 atom stereocenters. The minimum Gasteiger partial charge on any atom is -0.450 e. The number of carbonyl (C=O) groups is 2. The van der Waals surface area contributed by atoms with Crippen LogP contribution in [-0.2, 0) is 9.53 Å². The molecule has 1 heterocycles. The van der Waals surface area contributed by atoms with Gasteiger partial charge < -0.3 is 20.3 Å². The zero-order chi connectivity index (χ0) is 16.7. The Balaban J connectivity index is 2.72. The van der Waals surface area contributed by atoms with Crippen molar-refractivity contribution in [3.05, 3.63) is 18.3 Å². The summed E-state index contributed by atoms with van der Waals surface area (Å²) in [6.45, 7) is 5.67. The Morgan fingerprint density at radius 3 is 2.45 bits per heavy atom. The predicted octanol–water partition coefficient (Wildman–Crippen LogP) is 1.86. The van der Waals surface area contributed by atoms with Crippen molar-refractivity contribution in [3.63, 3.8) is 0 Å². The standard InChI is InChI=1S/C15H24N4O3/c1-6-22-15(21)18-13(10(2)3)14(20)17-11-7-8-12(16-9-11)19(4)5/h7-10,13H,6H2,1-5H3,(H,17,20)(H,18,21)/t13-/m0/s1. The Morgan fingerprint density at radius 1 is 1.32 bits per heavy atom. The largest absolute Gasteiger partial charge is 0.450 e. The minimum absolute atomic E-state index is 0.0709. The van der Waals surface area contributed by atoms with Gasteiger partial charge in [0.25, 0.3) is 0 Å². The van der Waals surface area contributed by atoms with Gasteiger partial charge in [0.1, 0.15) is 11.9 Å². The highest BCUT2D eigenvalue weighted by Crippen LogP contribution is 2.13. The van der Waals surface area contributed by atoms with Crippen molar-refractivity contribution in [2.45, 2.75) is 26.8 Å². The molecule has 7 nitrogen and oxygen atoms in total. The number of ether oxygens (including phenoxy) is 1. The highest BCUT2D eigenvalue weighted by molar-refractivity contribution is 5.96. The van der Waals surface area contributed by atoms with E-state index in [1.165, 1.54) is 0 Å². The van der Waals surface area contributed by atoms with Gasteiger partial charge in [-0.1, -0.05) is 13.8 Å². The van der Waals surface area contributed by atoms with Gasteiger partial charge in [-0.05, 0) is 25.0 Å². The van der Waals surface area contributed by atoms with Crippen molar-refractivity contribution in [2.24, 2.45) is 5.92 Å². The van der Waals surface area contributed by atoms with Gasteiger partial charge in [0.15, 0.2) is 0 Å². The normalized spacial score (nSPS) is 11.7. The number of amides is 2. The summed E-state index contributed by atoms with van der Waals surface area (Å²) in [6.07, 6.45) is 0.979. The molecule has 1 aromatic heterocycles. The number of carbonyl (C=O) groups excluding carboxylic acids is 2. The molecule has 0 aliphatic rings. The molecule has 1 rings (SSSR count). The van der Waals surface area contributed by atoms with Crippen molar-refractivity contribution in [3.8, 4) is 0 Å². The second kappa shape index (κ2) is 8.21. The molecular weight excluding hydrogens is 284 g/mol. The second-order valence-corrected chi connectivity index (χ2v) is 5.38. The first-order chi connectivity index (χ1) is 10.3. The third kappa shape index (κ3) is 5.23. The van der Waals surface area contributed by atoms with Crippen LogP contribution in [0.1, 0.15) is 20.8 Å². The number of anilines is 2. The summed E-state index contributed by atoms with van der Waals surface area (Å²) in [7, 11) is 3.78. The third-order valence-corrected chi connectivity index (χ3v) is 2.97. The Morgan fingerprint density at radius 2 is 2.00 bits per heavy atom. The van der Waals surface area contributed by atoms with Crippen molar-refractivity contribution in [2.75, 3.05) is 30.9 Å². The van der Waals surface area contributed by atoms with Crippen LogP contribution in [0.2, 0.25) is 0 Å². The summed E-state index contributed by atoms with van der Waals surface area (Å²) in [5, 5.41) is 5.31. The topological polar surface area (TPSA) is 83.6 Å². The van der Waals surface area contributed by atoms with E-state index in [2.05, 4.69) is 15.6 Å². The molecule has 0 radical (unpaired) electrons. The smallest absolute Gasteiger partial charge is 0.407 e. The van der Waals surface area contributed by atoms with Gasteiger partial charge in [-0.15, -0.1) is 0 Å². The number of nitrogens with zero attached hydrogens (tertiary/aromatic N) is 2. The number of hydrogen-bond acceptors (Lipinski definition) is 5. The SMILES string of the molecule is CCOC(=O)N[C@H](C(=O)Nc1ccc(N(C)C)nc1)C(C)C. The van der Waals surface area contributed by atoms with Crippen LogP contribution in [0.15, 0.2) is 18.3 Å². The maximum Gasteiger partial charge on any atom is 0.407 e. The van der Waals surface area contributed by atoms with Crippen LogP contribution in [0.3, 0.4) is 0 Å². The van der Waals surface area contributed by atoms with Gasteiger partial charge in [-0.25, -0.2) is 9.78 Å². The summed E-state index contributed by atoms with van der Waals surface area (Å²) < 4.78 is 4.82. The maximum atomic E-state index is 12.3. The lowest BCUT2D eigenvalue weighted by Crippen LogP contribution is -2.47. The fraction of sp³-hybridized carbons (Fsp3) is 0.533. The summed E-state index contributed by atoms with van der Waals surface area (Å²) in [5.74, 6) is 0.420. The van der Waals surface area contributed by atoms with E-state index in [9.17, 15) is 9.59 Å². The molecule has 0 aliphatic carbocycles. The number of nitrogens with one attached hydrogen (secondary N) is 2. The molecular formula is C15H24N4O3. The van der Waals surface area contributed by atoms with Crippen molar-refractivity contribution in [1.82, 2.24) is 10.3 Å². The average Bonchev–Trinajstić information content (AvgIpc) is 2.45. The molecule has 0 aromatic carbocycles. The number of alkyl carbamates (subject to hydrolysis) is 1. The van der Waals surface area contributed by atoms with E-state index in [0.717, 1.165) is 5.82 Å². The fourth-order valence-electron chi connectivity index (χ4n) is 1.78. The molecule has 0 unspecified atom stereocenters. The Labute approximate surface area is 131 Å². The maximum absolute atomic E-state index is 12.3. The van der Waals surface area contributed by atoms with Crippen LogP contribution in [0.4, 0.5) is 16.3 Å². The summed E-state index contributed by atoms with van der Waals surface area (Å²) in [4.78, 5) is 29.9. The molecule has 0 bridgehead atoms. The van der Waals surface area contributed by atoms with Gasteiger partial charge >= 0.3 is 6.09 Å². The van der Waals surface area contributed by atoms with Crippen LogP contribution < -0.4 is 15.5 Å². The fourth-order valence-corrected chi connectivity index (χ4v) is 1.78. The Bertz CT molecular complexity index is 500. The lowest BCUT2D eigenvalue weighted by atomic mass is 10.0. The zero-order valence-corrected chi connectivity index (χ0v) is 13.7. The monoisotopic (exact) mass is 308 g/mol. The molecule has 0 spiro atoms. The van der Waals surface area contributed by atoms with Crippen molar-refractivity contribution >= 4 is 23.5 Å². The molecule has 2 N–H and O–H groups in total. The molecule has 1 aromatic rings. The van der Waals surface area contributed by atoms with Crippen molar-refractivity contribution < 1.29 is 14.3 Å². The lowest BCUT2D eigenvalue weighted by Gasteiger charge is -2.21. The lowest BCUT2D eigenvalue weighted by molar-refractivity contribution is -0.119. The predicted molar refractivity (Wildman–Crippen MR) is 86.0 cm³/mol. The van der Waals surface area contributed by atoms with Crippen LogP contribution in [0.25, 0.3) is 0 Å². The summed E-state index contributed by atoms with van der Waals surface area (Å²) in [6, 6.07) is 2.90. The summed E-state index contributed by atoms with van der Waals surface area (Å²) >= 11 is 0. The first-order valence-corrected chi connectivity index (χ1v) is 7.22.